The van der Waals surface area contributed by atoms with Gasteiger partial charge in [-0.2, -0.15) is 10.4 Å². The van der Waals surface area contributed by atoms with Gasteiger partial charge in [0.1, 0.15) is 11.1 Å². The maximum Gasteiger partial charge on any atom is 0.306 e. The number of esters is 1. The maximum absolute atomic E-state index is 12.2. The molecule has 0 saturated carbocycles. The summed E-state index contributed by atoms with van der Waals surface area (Å²) in [6.07, 6.45) is 0.548. The number of nitrogens with zero attached hydrogens (tertiary/aromatic N) is 4. The Labute approximate surface area is 182 Å². The van der Waals surface area contributed by atoms with Crippen LogP contribution in [-0.4, -0.2) is 33.1 Å². The smallest absolute Gasteiger partial charge is 0.306 e. The Morgan fingerprint density at radius 1 is 1.26 bits per heavy atom. The quantitative estimate of drug-likeness (QED) is 0.466. The average Bonchev–Trinajstić information content (AvgIpc) is 3.36. The number of hydrogen-bond donors (Lipinski definition) is 1. The van der Waals surface area contributed by atoms with Crippen molar-refractivity contribution >= 4 is 44.8 Å². The highest BCUT2D eigenvalue weighted by Crippen LogP contribution is 2.23. The Morgan fingerprint density at radius 3 is 2.87 bits per heavy atom. The predicted octanol–water partition coefficient (Wildman–Crippen LogP) is 3.55. The molecule has 0 aliphatic heterocycles. The molecule has 0 unspecified atom stereocenters. The van der Waals surface area contributed by atoms with E-state index in [1.54, 1.807) is 16.0 Å². The van der Waals surface area contributed by atoms with E-state index >= 15 is 0 Å². The lowest BCUT2D eigenvalue weighted by atomic mass is 10.1. The summed E-state index contributed by atoms with van der Waals surface area (Å²) in [5.74, 6) is -0.961. The Morgan fingerprint density at radius 2 is 2.06 bits per heavy atom. The van der Waals surface area contributed by atoms with Crippen LogP contribution < -0.4 is 5.32 Å². The van der Waals surface area contributed by atoms with Crippen LogP contribution in [0.3, 0.4) is 0 Å². The standard InChI is InChI=1S/C22H19N5O3S/c1-13-16(14(2)27-21(24-13)17-5-3-4-6-18(17)26-27)7-8-20(29)30-12-19(28)25-22-15(11-23)9-10-31-22/h3-6,9-10H,7-8,12H2,1-2H3,(H,25,28). The van der Waals surface area contributed by atoms with Gasteiger partial charge in [0.2, 0.25) is 0 Å². The minimum absolute atomic E-state index is 0.116. The minimum Gasteiger partial charge on any atom is -0.456 e. The molecule has 1 amide bonds. The lowest BCUT2D eigenvalue weighted by molar-refractivity contribution is -0.147. The van der Waals surface area contributed by atoms with Crippen LogP contribution in [0.25, 0.3) is 16.6 Å². The molecule has 3 heterocycles. The van der Waals surface area contributed by atoms with E-state index in [2.05, 4.69) is 10.4 Å². The molecular weight excluding hydrogens is 414 g/mol. The van der Waals surface area contributed by atoms with Crippen LogP contribution in [0.4, 0.5) is 5.00 Å². The Balaban J connectivity index is 1.39. The van der Waals surface area contributed by atoms with Crippen molar-refractivity contribution in [2.45, 2.75) is 26.7 Å². The van der Waals surface area contributed by atoms with Gasteiger partial charge < -0.3 is 10.1 Å². The van der Waals surface area contributed by atoms with Gasteiger partial charge in [-0.15, -0.1) is 11.3 Å². The lowest BCUT2D eigenvalue weighted by Gasteiger charge is -2.11. The predicted molar refractivity (Wildman–Crippen MR) is 117 cm³/mol. The topological polar surface area (TPSA) is 109 Å². The van der Waals surface area contributed by atoms with E-state index < -0.39 is 18.5 Å². The molecule has 156 valence electrons. The first-order valence-corrected chi connectivity index (χ1v) is 10.5. The van der Waals surface area contributed by atoms with Gasteiger partial charge in [-0.1, -0.05) is 12.1 Å². The molecule has 0 atom stereocenters. The summed E-state index contributed by atoms with van der Waals surface area (Å²) in [4.78, 5) is 28.9. The summed E-state index contributed by atoms with van der Waals surface area (Å²) in [5, 5.41) is 19.3. The number of anilines is 1. The number of carbonyl (C=O) groups is 2. The fourth-order valence-corrected chi connectivity index (χ4v) is 4.19. The number of thiophene rings is 1. The van der Waals surface area contributed by atoms with E-state index in [0.717, 1.165) is 33.5 Å². The minimum atomic E-state index is -0.481. The second-order valence-electron chi connectivity index (χ2n) is 7.00. The average molecular weight is 433 g/mol. The van der Waals surface area contributed by atoms with Gasteiger partial charge in [0.05, 0.1) is 11.1 Å². The number of aryl methyl sites for hydroxylation is 2. The summed E-state index contributed by atoms with van der Waals surface area (Å²) < 4.78 is 6.90. The van der Waals surface area contributed by atoms with Crippen molar-refractivity contribution in [1.82, 2.24) is 14.6 Å². The Bertz CT molecular complexity index is 1350. The highest BCUT2D eigenvalue weighted by molar-refractivity contribution is 7.14. The van der Waals surface area contributed by atoms with Crippen molar-refractivity contribution in [3.8, 4) is 6.07 Å². The van der Waals surface area contributed by atoms with Crippen molar-refractivity contribution < 1.29 is 14.3 Å². The number of fused-ring (bicyclic) bond motifs is 3. The molecular formula is C22H19N5O3S. The number of nitrogens with one attached hydrogen (secondary N) is 1. The molecule has 9 heteroatoms. The number of carbonyl (C=O) groups excluding carboxylic acids is 2. The fraction of sp³-hybridized carbons (Fsp3) is 0.227. The zero-order valence-corrected chi connectivity index (χ0v) is 17.8. The zero-order chi connectivity index (χ0) is 22.0. The lowest BCUT2D eigenvalue weighted by Crippen LogP contribution is -2.21. The molecule has 0 saturated heterocycles. The van der Waals surface area contributed by atoms with Gasteiger partial charge in [0.25, 0.3) is 5.91 Å². The van der Waals surface area contributed by atoms with Crippen LogP contribution >= 0.6 is 11.3 Å². The van der Waals surface area contributed by atoms with Gasteiger partial charge >= 0.3 is 5.97 Å². The first-order chi connectivity index (χ1) is 15.0. The maximum atomic E-state index is 12.2. The highest BCUT2D eigenvalue weighted by Gasteiger charge is 2.16. The van der Waals surface area contributed by atoms with Crippen LogP contribution in [0.15, 0.2) is 35.7 Å². The number of rotatable bonds is 6. The molecule has 1 aromatic carbocycles. The summed E-state index contributed by atoms with van der Waals surface area (Å²) in [5.41, 5.74) is 4.72. The molecule has 31 heavy (non-hydrogen) atoms. The molecule has 8 nitrogen and oxygen atoms in total. The van der Waals surface area contributed by atoms with E-state index in [-0.39, 0.29) is 6.42 Å². The Hall–Kier alpha value is -3.77. The van der Waals surface area contributed by atoms with E-state index in [1.165, 1.54) is 11.3 Å². The summed E-state index contributed by atoms with van der Waals surface area (Å²) in [7, 11) is 0. The molecule has 0 bridgehead atoms. The van der Waals surface area contributed by atoms with Gasteiger partial charge in [-0.05, 0) is 49.4 Å². The van der Waals surface area contributed by atoms with Gasteiger partial charge in [-0.3, -0.25) is 9.59 Å². The van der Waals surface area contributed by atoms with Crippen molar-refractivity contribution in [3.63, 3.8) is 0 Å². The molecule has 4 aromatic rings. The summed E-state index contributed by atoms with van der Waals surface area (Å²) >= 11 is 1.24. The first-order valence-electron chi connectivity index (χ1n) is 9.64. The highest BCUT2D eigenvalue weighted by atomic mass is 32.1. The molecule has 1 N–H and O–H groups in total. The second kappa shape index (κ2) is 8.53. The largest absolute Gasteiger partial charge is 0.456 e. The van der Waals surface area contributed by atoms with Gasteiger partial charge in [0.15, 0.2) is 12.3 Å². The van der Waals surface area contributed by atoms with E-state index in [0.29, 0.717) is 17.0 Å². The summed E-state index contributed by atoms with van der Waals surface area (Å²) in [6.45, 7) is 3.47. The van der Waals surface area contributed by atoms with Crippen LogP contribution in [-0.2, 0) is 20.7 Å². The van der Waals surface area contributed by atoms with Crippen molar-refractivity contribution in [2.75, 3.05) is 11.9 Å². The molecule has 0 aliphatic carbocycles. The molecule has 0 fully saturated rings. The van der Waals surface area contributed by atoms with E-state index in [9.17, 15) is 9.59 Å². The van der Waals surface area contributed by atoms with Gasteiger partial charge in [-0.25, -0.2) is 9.50 Å². The van der Waals surface area contributed by atoms with Gasteiger partial charge in [0, 0.05) is 23.2 Å². The number of nitriles is 1. The Kier molecular flexibility index (Phi) is 5.64. The normalized spacial score (nSPS) is 10.9. The number of benzene rings is 1. The first kappa shape index (κ1) is 20.5. The van der Waals surface area contributed by atoms with Crippen molar-refractivity contribution in [1.29, 1.82) is 5.26 Å². The van der Waals surface area contributed by atoms with Crippen LogP contribution in [0, 0.1) is 25.2 Å². The number of ether oxygens (including phenoxy) is 1. The third-order valence-electron chi connectivity index (χ3n) is 5.00. The molecule has 0 spiro atoms. The van der Waals surface area contributed by atoms with Crippen molar-refractivity contribution in [3.05, 3.63) is 58.2 Å². The molecule has 0 aliphatic rings. The zero-order valence-electron chi connectivity index (χ0n) is 17.0. The molecule has 4 rings (SSSR count). The van der Waals surface area contributed by atoms with Crippen LogP contribution in [0.5, 0.6) is 0 Å². The summed E-state index contributed by atoms with van der Waals surface area (Å²) in [6, 6.07) is 11.4. The number of aromatic nitrogens is 3. The van der Waals surface area contributed by atoms with E-state index in [4.69, 9.17) is 15.0 Å². The SMILES string of the molecule is Cc1nc2c3ccccc3nn2c(C)c1CCC(=O)OCC(=O)Nc1sccc1C#N. The number of amides is 1. The monoisotopic (exact) mass is 433 g/mol. The van der Waals surface area contributed by atoms with Crippen LogP contribution in [0.1, 0.15) is 28.9 Å². The van der Waals surface area contributed by atoms with E-state index in [1.807, 2.05) is 44.2 Å². The third kappa shape index (κ3) is 4.11. The molecule has 0 radical (unpaired) electrons. The molecule has 3 aromatic heterocycles. The third-order valence-corrected chi connectivity index (χ3v) is 5.83. The van der Waals surface area contributed by atoms with Crippen LogP contribution in [0.2, 0.25) is 0 Å². The fourth-order valence-electron chi connectivity index (χ4n) is 3.44. The van der Waals surface area contributed by atoms with Crippen molar-refractivity contribution in [2.24, 2.45) is 0 Å². The number of hydrogen-bond acceptors (Lipinski definition) is 7. The second-order valence-corrected chi connectivity index (χ2v) is 7.91.